The van der Waals surface area contributed by atoms with Crippen LogP contribution in [-0.2, 0) is 10.2 Å². The summed E-state index contributed by atoms with van der Waals surface area (Å²) < 4.78 is 0. The molecule has 0 bridgehead atoms. The van der Waals surface area contributed by atoms with E-state index in [1.54, 1.807) is 18.2 Å². The summed E-state index contributed by atoms with van der Waals surface area (Å²) in [6.45, 7) is 7.58. The van der Waals surface area contributed by atoms with Crippen LogP contribution < -0.4 is 5.32 Å². The molecule has 1 aliphatic heterocycles. The Morgan fingerprint density at radius 2 is 1.52 bits per heavy atom. The molecule has 2 aromatic carbocycles. The molecule has 1 saturated heterocycles. The zero-order chi connectivity index (χ0) is 21.2. The van der Waals surface area contributed by atoms with E-state index in [9.17, 15) is 9.59 Å². The van der Waals surface area contributed by atoms with Gasteiger partial charge in [0.05, 0.1) is 0 Å². The molecule has 0 saturated carbocycles. The van der Waals surface area contributed by atoms with Gasteiger partial charge in [0.15, 0.2) is 0 Å². The van der Waals surface area contributed by atoms with E-state index in [2.05, 4.69) is 26.1 Å². The Kier molecular flexibility index (Phi) is 6.55. The highest BCUT2D eigenvalue weighted by molar-refractivity contribution is 6.35. The van der Waals surface area contributed by atoms with Gasteiger partial charge in [-0.05, 0) is 54.2 Å². The van der Waals surface area contributed by atoms with Gasteiger partial charge in [0.2, 0.25) is 5.91 Å². The summed E-state index contributed by atoms with van der Waals surface area (Å²) >= 11 is 12.0. The molecule has 6 heteroatoms. The number of likely N-dealkylation sites (tertiary alicyclic amines) is 1. The molecule has 0 aliphatic carbocycles. The van der Waals surface area contributed by atoms with Crippen molar-refractivity contribution in [3.05, 3.63) is 63.6 Å². The predicted octanol–water partition coefficient (Wildman–Crippen LogP) is 5.78. The standard InChI is InChI=1S/C23H26Cl2N2O2/c1-23(2,3)17-6-4-16(5-7-17)22(29)27-10-8-15(9-11-27)21(28)26-20-13-18(24)12-19(25)14-20/h4-7,12-15H,8-11H2,1-3H3,(H,26,28). The fourth-order valence-electron chi connectivity index (χ4n) is 3.51. The van der Waals surface area contributed by atoms with Crippen molar-refractivity contribution < 1.29 is 9.59 Å². The first-order chi connectivity index (χ1) is 13.6. The zero-order valence-electron chi connectivity index (χ0n) is 17.0. The first kappa shape index (κ1) is 21.7. The monoisotopic (exact) mass is 432 g/mol. The summed E-state index contributed by atoms with van der Waals surface area (Å²) in [7, 11) is 0. The van der Waals surface area contributed by atoms with Gasteiger partial charge in [-0.3, -0.25) is 9.59 Å². The number of nitrogens with zero attached hydrogens (tertiary/aromatic N) is 1. The van der Waals surface area contributed by atoms with Gasteiger partial charge >= 0.3 is 0 Å². The number of halogens is 2. The molecular formula is C23H26Cl2N2O2. The average Bonchev–Trinajstić information content (AvgIpc) is 2.66. The summed E-state index contributed by atoms with van der Waals surface area (Å²) in [6.07, 6.45) is 1.26. The fourth-order valence-corrected chi connectivity index (χ4v) is 4.04. The van der Waals surface area contributed by atoms with Gasteiger partial charge < -0.3 is 10.2 Å². The van der Waals surface area contributed by atoms with Crippen LogP contribution in [0.1, 0.15) is 49.5 Å². The van der Waals surface area contributed by atoms with E-state index in [0.717, 1.165) is 0 Å². The number of rotatable bonds is 3. The van der Waals surface area contributed by atoms with Crippen LogP contribution >= 0.6 is 23.2 Å². The highest BCUT2D eigenvalue weighted by Crippen LogP contribution is 2.26. The summed E-state index contributed by atoms with van der Waals surface area (Å²) in [4.78, 5) is 27.2. The molecule has 0 aromatic heterocycles. The van der Waals surface area contributed by atoms with Crippen LogP contribution in [0.2, 0.25) is 10.0 Å². The smallest absolute Gasteiger partial charge is 0.253 e. The number of carbonyl (C=O) groups is 2. The molecule has 2 amide bonds. The van der Waals surface area contributed by atoms with Gasteiger partial charge in [-0.1, -0.05) is 56.1 Å². The average molecular weight is 433 g/mol. The van der Waals surface area contributed by atoms with Crippen LogP contribution in [0.4, 0.5) is 5.69 Å². The molecule has 0 unspecified atom stereocenters. The first-order valence-corrected chi connectivity index (χ1v) is 10.6. The van der Waals surface area contributed by atoms with E-state index >= 15 is 0 Å². The van der Waals surface area contributed by atoms with Gasteiger partial charge in [-0.2, -0.15) is 0 Å². The van der Waals surface area contributed by atoms with Crippen molar-refractivity contribution in [3.63, 3.8) is 0 Å². The van der Waals surface area contributed by atoms with Gasteiger partial charge in [-0.15, -0.1) is 0 Å². The lowest BCUT2D eigenvalue weighted by Crippen LogP contribution is -2.41. The summed E-state index contributed by atoms with van der Waals surface area (Å²) in [5.74, 6) is -0.184. The van der Waals surface area contributed by atoms with Crippen molar-refractivity contribution in [2.24, 2.45) is 5.92 Å². The van der Waals surface area contributed by atoms with E-state index in [1.165, 1.54) is 5.56 Å². The maximum Gasteiger partial charge on any atom is 0.253 e. The molecule has 3 rings (SSSR count). The molecule has 0 atom stereocenters. The minimum absolute atomic E-state index is 0.0194. The fraction of sp³-hybridized carbons (Fsp3) is 0.391. The highest BCUT2D eigenvalue weighted by atomic mass is 35.5. The number of carbonyl (C=O) groups excluding carboxylic acids is 2. The molecule has 1 fully saturated rings. The van der Waals surface area contributed by atoms with Crippen LogP contribution in [0.25, 0.3) is 0 Å². The van der Waals surface area contributed by atoms with E-state index in [-0.39, 0.29) is 23.1 Å². The van der Waals surface area contributed by atoms with Gasteiger partial charge in [0.1, 0.15) is 0 Å². The molecule has 4 nitrogen and oxygen atoms in total. The molecule has 1 N–H and O–H groups in total. The third-order valence-corrected chi connectivity index (χ3v) is 5.72. The zero-order valence-corrected chi connectivity index (χ0v) is 18.5. The number of piperidine rings is 1. The van der Waals surface area contributed by atoms with Crippen LogP contribution in [-0.4, -0.2) is 29.8 Å². The maximum atomic E-state index is 12.8. The summed E-state index contributed by atoms with van der Waals surface area (Å²) in [6, 6.07) is 12.8. The van der Waals surface area contributed by atoms with E-state index in [4.69, 9.17) is 23.2 Å². The van der Waals surface area contributed by atoms with Crippen LogP contribution in [0.5, 0.6) is 0 Å². The Morgan fingerprint density at radius 1 is 0.966 bits per heavy atom. The second-order valence-electron chi connectivity index (χ2n) is 8.54. The number of hydrogen-bond acceptors (Lipinski definition) is 2. The molecule has 154 valence electrons. The van der Waals surface area contributed by atoms with Crippen molar-refractivity contribution >= 4 is 40.7 Å². The highest BCUT2D eigenvalue weighted by Gasteiger charge is 2.28. The molecular weight excluding hydrogens is 407 g/mol. The first-order valence-electron chi connectivity index (χ1n) is 9.80. The van der Waals surface area contributed by atoms with Gasteiger partial charge in [-0.25, -0.2) is 0 Å². The Bertz CT molecular complexity index is 876. The van der Waals surface area contributed by atoms with Crippen molar-refractivity contribution in [1.82, 2.24) is 4.90 Å². The van der Waals surface area contributed by atoms with E-state index in [1.807, 2.05) is 29.2 Å². The lowest BCUT2D eigenvalue weighted by molar-refractivity contribution is -0.121. The lowest BCUT2D eigenvalue weighted by atomic mass is 9.86. The van der Waals surface area contributed by atoms with Crippen LogP contribution in [0.15, 0.2) is 42.5 Å². The quantitative estimate of drug-likeness (QED) is 0.667. The molecule has 2 aromatic rings. The molecule has 29 heavy (non-hydrogen) atoms. The Labute approximate surface area is 182 Å². The molecule has 0 spiro atoms. The Morgan fingerprint density at radius 3 is 2.03 bits per heavy atom. The summed E-state index contributed by atoms with van der Waals surface area (Å²) in [5, 5.41) is 3.83. The number of anilines is 1. The topological polar surface area (TPSA) is 49.4 Å². The van der Waals surface area contributed by atoms with Crippen molar-refractivity contribution in [1.29, 1.82) is 0 Å². The van der Waals surface area contributed by atoms with Crippen molar-refractivity contribution in [2.75, 3.05) is 18.4 Å². The van der Waals surface area contributed by atoms with Crippen LogP contribution in [0, 0.1) is 5.92 Å². The number of nitrogens with one attached hydrogen (secondary N) is 1. The number of benzene rings is 2. The molecule has 1 aliphatic rings. The minimum Gasteiger partial charge on any atom is -0.339 e. The normalized spacial score (nSPS) is 15.3. The lowest BCUT2D eigenvalue weighted by Gasteiger charge is -2.31. The summed E-state index contributed by atoms with van der Waals surface area (Å²) in [5.41, 5.74) is 2.53. The van der Waals surface area contributed by atoms with E-state index in [0.29, 0.717) is 47.2 Å². The maximum absolute atomic E-state index is 12.8. The second-order valence-corrected chi connectivity index (χ2v) is 9.41. The predicted molar refractivity (Wildman–Crippen MR) is 119 cm³/mol. The van der Waals surface area contributed by atoms with E-state index < -0.39 is 0 Å². The SMILES string of the molecule is CC(C)(C)c1ccc(C(=O)N2CCC(C(=O)Nc3cc(Cl)cc(Cl)c3)CC2)cc1. The van der Waals surface area contributed by atoms with Gasteiger partial charge in [0.25, 0.3) is 5.91 Å². The third-order valence-electron chi connectivity index (χ3n) is 5.28. The van der Waals surface area contributed by atoms with Crippen molar-refractivity contribution in [2.45, 2.75) is 39.0 Å². The van der Waals surface area contributed by atoms with Crippen molar-refractivity contribution in [3.8, 4) is 0 Å². The van der Waals surface area contributed by atoms with Gasteiger partial charge in [0, 0.05) is 40.3 Å². The third kappa shape index (κ3) is 5.52. The van der Waals surface area contributed by atoms with Crippen LogP contribution in [0.3, 0.4) is 0 Å². The number of hydrogen-bond donors (Lipinski definition) is 1. The Hall–Kier alpha value is -2.04. The molecule has 1 heterocycles. The number of amides is 2. The molecule has 0 radical (unpaired) electrons. The minimum atomic E-state index is -0.139. The second kappa shape index (κ2) is 8.76. The Balaban J connectivity index is 1.57. The largest absolute Gasteiger partial charge is 0.339 e.